The molecule has 0 aromatic rings. The van der Waals surface area contributed by atoms with E-state index in [4.69, 9.17) is 5.73 Å². The first-order valence-corrected chi connectivity index (χ1v) is 4.28. The van der Waals surface area contributed by atoms with Gasteiger partial charge in [0, 0.05) is 6.42 Å². The molecule has 0 saturated carbocycles. The molecule has 0 aromatic heterocycles. The van der Waals surface area contributed by atoms with E-state index in [-0.39, 0.29) is 18.3 Å². The predicted molar refractivity (Wildman–Crippen MR) is 50.5 cm³/mol. The summed E-state index contributed by atoms with van der Waals surface area (Å²) in [4.78, 5) is 21.6. The molecule has 0 fully saturated rings. The lowest BCUT2D eigenvalue weighted by atomic mass is 10.5. The van der Waals surface area contributed by atoms with Gasteiger partial charge in [-0.1, -0.05) is 6.92 Å². The molecule has 0 heterocycles. The van der Waals surface area contributed by atoms with E-state index in [9.17, 15) is 9.59 Å². The lowest BCUT2D eigenvalue weighted by Gasteiger charge is -2.06. The predicted octanol–water partition coefficient (Wildman–Crippen LogP) is -0.620. The second kappa shape index (κ2) is 6.76. The molecule has 0 bridgehead atoms. The van der Waals surface area contributed by atoms with Crippen molar-refractivity contribution in [2.75, 3.05) is 6.61 Å². The van der Waals surface area contributed by atoms with E-state index in [0.29, 0.717) is 6.42 Å². The van der Waals surface area contributed by atoms with Crippen LogP contribution in [0, 0.1) is 0 Å². The fourth-order valence-electron chi connectivity index (χ4n) is 0.577. The third-order valence-corrected chi connectivity index (χ3v) is 1.23. The Balaban J connectivity index is 3.88. The van der Waals surface area contributed by atoms with Crippen LogP contribution in [0.25, 0.3) is 0 Å². The van der Waals surface area contributed by atoms with Gasteiger partial charge in [0.25, 0.3) is 0 Å². The van der Waals surface area contributed by atoms with Crippen molar-refractivity contribution in [1.82, 2.24) is 10.9 Å². The van der Waals surface area contributed by atoms with Crippen LogP contribution in [0.2, 0.25) is 0 Å². The van der Waals surface area contributed by atoms with Gasteiger partial charge in [0.2, 0.25) is 5.91 Å². The van der Waals surface area contributed by atoms with Crippen molar-refractivity contribution in [2.45, 2.75) is 20.3 Å². The van der Waals surface area contributed by atoms with Crippen LogP contribution in [0.5, 0.6) is 0 Å². The van der Waals surface area contributed by atoms with E-state index < -0.39 is 5.97 Å². The zero-order chi connectivity index (χ0) is 11.0. The maximum absolute atomic E-state index is 10.8. The maximum Gasteiger partial charge on any atom is 0.334 e. The zero-order valence-corrected chi connectivity index (χ0v) is 8.29. The van der Waals surface area contributed by atoms with Gasteiger partial charge >= 0.3 is 5.97 Å². The molecule has 80 valence electrons. The van der Waals surface area contributed by atoms with Gasteiger partial charge in [-0.25, -0.2) is 4.79 Å². The second-order valence-corrected chi connectivity index (χ2v) is 2.38. The molecular weight excluding hydrogens is 186 g/mol. The van der Waals surface area contributed by atoms with Crippen molar-refractivity contribution in [3.63, 3.8) is 0 Å². The summed E-state index contributed by atoms with van der Waals surface area (Å²) in [6.45, 7) is 3.67. The molecule has 1 amide bonds. The van der Waals surface area contributed by atoms with E-state index >= 15 is 0 Å². The van der Waals surface area contributed by atoms with E-state index in [1.54, 1.807) is 13.8 Å². The summed E-state index contributed by atoms with van der Waals surface area (Å²) in [7, 11) is 0. The Morgan fingerprint density at radius 3 is 2.50 bits per heavy atom. The molecule has 0 atom stereocenters. The molecule has 4 N–H and O–H groups in total. The Morgan fingerprint density at radius 1 is 1.36 bits per heavy atom. The van der Waals surface area contributed by atoms with Crippen molar-refractivity contribution in [3.8, 4) is 0 Å². The molecule has 0 saturated heterocycles. The Kier molecular flexibility index (Phi) is 5.93. The fourth-order valence-corrected chi connectivity index (χ4v) is 0.577. The van der Waals surface area contributed by atoms with Crippen LogP contribution in [0.15, 0.2) is 11.9 Å². The zero-order valence-electron chi connectivity index (χ0n) is 8.29. The molecular formula is C8H15N3O3. The normalized spacial score (nSPS) is 10.6. The lowest BCUT2D eigenvalue weighted by molar-refractivity contribution is -0.137. The standard InChI is InChI=1S/C8H15N3O3/c1-3-7(12)11-10-6(9)5-8(13)14-4-2/h5,10H,3-4,9H2,1-2H3,(H,11,12)/b6-5-. The summed E-state index contributed by atoms with van der Waals surface area (Å²) in [6.07, 6.45) is 1.39. The minimum atomic E-state index is -0.553. The summed E-state index contributed by atoms with van der Waals surface area (Å²) < 4.78 is 4.60. The first-order chi connectivity index (χ1) is 6.60. The molecule has 6 heteroatoms. The second-order valence-electron chi connectivity index (χ2n) is 2.38. The van der Waals surface area contributed by atoms with Gasteiger partial charge in [-0.05, 0) is 6.92 Å². The lowest BCUT2D eigenvalue weighted by Crippen LogP contribution is -2.39. The average molecular weight is 201 g/mol. The smallest absolute Gasteiger partial charge is 0.334 e. The highest BCUT2D eigenvalue weighted by atomic mass is 16.5. The third-order valence-electron chi connectivity index (χ3n) is 1.23. The molecule has 0 aliphatic rings. The topological polar surface area (TPSA) is 93.4 Å². The van der Waals surface area contributed by atoms with E-state index in [0.717, 1.165) is 6.08 Å². The number of carbonyl (C=O) groups excluding carboxylic acids is 2. The Labute approximate surface area is 82.5 Å². The molecule has 0 aliphatic carbocycles. The molecule has 0 radical (unpaired) electrons. The number of amides is 1. The Morgan fingerprint density at radius 2 is 2.00 bits per heavy atom. The van der Waals surface area contributed by atoms with Crippen molar-refractivity contribution < 1.29 is 14.3 Å². The van der Waals surface area contributed by atoms with Crippen molar-refractivity contribution in [2.24, 2.45) is 5.73 Å². The van der Waals surface area contributed by atoms with Crippen LogP contribution < -0.4 is 16.6 Å². The number of esters is 1. The first kappa shape index (κ1) is 12.3. The Bertz CT molecular complexity index is 238. The average Bonchev–Trinajstić information content (AvgIpc) is 2.14. The molecule has 0 aliphatic heterocycles. The molecule has 0 spiro atoms. The number of ether oxygens (including phenoxy) is 1. The van der Waals surface area contributed by atoms with Crippen LogP contribution in [0.4, 0.5) is 0 Å². The van der Waals surface area contributed by atoms with Crippen molar-refractivity contribution in [3.05, 3.63) is 11.9 Å². The summed E-state index contributed by atoms with van der Waals surface area (Å²) in [5.74, 6) is -0.737. The van der Waals surface area contributed by atoms with Crippen LogP contribution in [-0.4, -0.2) is 18.5 Å². The fraction of sp³-hybridized carbons (Fsp3) is 0.500. The summed E-state index contributed by atoms with van der Waals surface area (Å²) in [5.41, 5.74) is 9.99. The summed E-state index contributed by atoms with van der Waals surface area (Å²) in [5, 5.41) is 0. The van der Waals surface area contributed by atoms with E-state index in [2.05, 4.69) is 15.6 Å². The van der Waals surface area contributed by atoms with Gasteiger partial charge in [-0.3, -0.25) is 15.6 Å². The van der Waals surface area contributed by atoms with Crippen LogP contribution >= 0.6 is 0 Å². The van der Waals surface area contributed by atoms with Crippen molar-refractivity contribution in [1.29, 1.82) is 0 Å². The summed E-state index contributed by atoms with van der Waals surface area (Å²) >= 11 is 0. The molecule has 0 aromatic carbocycles. The van der Waals surface area contributed by atoms with E-state index in [1.807, 2.05) is 0 Å². The van der Waals surface area contributed by atoms with Gasteiger partial charge < -0.3 is 10.5 Å². The maximum atomic E-state index is 10.8. The Hall–Kier alpha value is -1.72. The molecule has 0 rings (SSSR count). The number of nitrogens with one attached hydrogen (secondary N) is 2. The minimum absolute atomic E-state index is 0.0326. The van der Waals surface area contributed by atoms with Crippen LogP contribution in [0.1, 0.15) is 20.3 Å². The van der Waals surface area contributed by atoms with Gasteiger partial charge in [-0.15, -0.1) is 0 Å². The number of hydrogen-bond donors (Lipinski definition) is 3. The van der Waals surface area contributed by atoms with Gasteiger partial charge in [0.1, 0.15) is 5.82 Å². The number of hydrazine groups is 1. The van der Waals surface area contributed by atoms with Crippen molar-refractivity contribution >= 4 is 11.9 Å². The quantitative estimate of drug-likeness (QED) is 0.313. The molecule has 14 heavy (non-hydrogen) atoms. The third kappa shape index (κ3) is 5.87. The number of hydrogen-bond acceptors (Lipinski definition) is 5. The van der Waals surface area contributed by atoms with Gasteiger partial charge in [-0.2, -0.15) is 0 Å². The number of rotatable bonds is 5. The van der Waals surface area contributed by atoms with Gasteiger partial charge in [0.15, 0.2) is 0 Å². The minimum Gasteiger partial charge on any atom is -0.463 e. The number of nitrogens with two attached hydrogens (primary N) is 1. The number of carbonyl (C=O) groups is 2. The highest BCUT2D eigenvalue weighted by Gasteiger charge is 1.99. The van der Waals surface area contributed by atoms with Gasteiger partial charge in [0.05, 0.1) is 12.7 Å². The van der Waals surface area contributed by atoms with Crippen LogP contribution in [-0.2, 0) is 14.3 Å². The molecule has 6 nitrogen and oxygen atoms in total. The monoisotopic (exact) mass is 201 g/mol. The largest absolute Gasteiger partial charge is 0.463 e. The SMILES string of the molecule is CCOC(=O)/C=C(/N)NNC(=O)CC. The first-order valence-electron chi connectivity index (χ1n) is 4.28. The van der Waals surface area contributed by atoms with Crippen LogP contribution in [0.3, 0.4) is 0 Å². The highest BCUT2D eigenvalue weighted by Crippen LogP contribution is 1.82. The van der Waals surface area contributed by atoms with E-state index in [1.165, 1.54) is 0 Å². The molecule has 0 unspecified atom stereocenters. The highest BCUT2D eigenvalue weighted by molar-refractivity contribution is 5.82. The summed E-state index contributed by atoms with van der Waals surface area (Å²) in [6, 6.07) is 0.